The number of rotatable bonds is 4. The lowest BCUT2D eigenvalue weighted by Crippen LogP contribution is -2.27. The summed E-state index contributed by atoms with van der Waals surface area (Å²) in [5.74, 6) is 0.827. The SMILES string of the molecule is CCOc1ccc(N2C(=O)/C(=C/c3ccc(O)c(I)c3)SC2=S)cc1. The highest BCUT2D eigenvalue weighted by Crippen LogP contribution is 2.36. The molecule has 2 aromatic rings. The van der Waals surface area contributed by atoms with Crippen molar-refractivity contribution < 1.29 is 14.6 Å². The van der Waals surface area contributed by atoms with E-state index in [0.717, 1.165) is 20.6 Å². The fourth-order valence-corrected chi connectivity index (χ4v) is 4.15. The predicted octanol–water partition coefficient (Wildman–Crippen LogP) is 4.80. The lowest BCUT2D eigenvalue weighted by Gasteiger charge is -2.15. The number of phenols is 1. The molecule has 1 saturated heterocycles. The van der Waals surface area contributed by atoms with E-state index in [4.69, 9.17) is 17.0 Å². The van der Waals surface area contributed by atoms with E-state index >= 15 is 0 Å². The molecule has 0 spiro atoms. The minimum absolute atomic E-state index is 0.151. The van der Waals surface area contributed by atoms with Crippen LogP contribution in [0, 0.1) is 3.57 Å². The number of thiocarbonyl (C=S) groups is 1. The summed E-state index contributed by atoms with van der Waals surface area (Å²) in [6, 6.07) is 12.5. The van der Waals surface area contributed by atoms with Crippen molar-refractivity contribution in [2.24, 2.45) is 0 Å². The van der Waals surface area contributed by atoms with Crippen LogP contribution in [-0.2, 0) is 4.79 Å². The van der Waals surface area contributed by atoms with Crippen LogP contribution in [0.15, 0.2) is 47.4 Å². The Balaban J connectivity index is 1.86. The maximum Gasteiger partial charge on any atom is 0.270 e. The van der Waals surface area contributed by atoms with E-state index in [1.807, 2.05) is 59.8 Å². The molecule has 3 rings (SSSR count). The number of halogens is 1. The molecule has 25 heavy (non-hydrogen) atoms. The number of ether oxygens (including phenoxy) is 1. The first kappa shape index (κ1) is 18.2. The van der Waals surface area contributed by atoms with Gasteiger partial charge >= 0.3 is 0 Å². The number of benzene rings is 2. The largest absolute Gasteiger partial charge is 0.507 e. The third-order valence-corrected chi connectivity index (χ3v) is 5.64. The van der Waals surface area contributed by atoms with Gasteiger partial charge < -0.3 is 9.84 Å². The van der Waals surface area contributed by atoms with Crippen molar-refractivity contribution >= 4 is 68.6 Å². The summed E-state index contributed by atoms with van der Waals surface area (Å²) < 4.78 is 6.65. The maximum absolute atomic E-state index is 12.8. The molecule has 1 aliphatic heterocycles. The van der Waals surface area contributed by atoms with E-state index in [2.05, 4.69) is 0 Å². The van der Waals surface area contributed by atoms with E-state index in [9.17, 15) is 9.90 Å². The highest BCUT2D eigenvalue weighted by molar-refractivity contribution is 14.1. The summed E-state index contributed by atoms with van der Waals surface area (Å²) in [6.07, 6.45) is 1.79. The summed E-state index contributed by atoms with van der Waals surface area (Å²) in [6.45, 7) is 2.51. The van der Waals surface area contributed by atoms with Gasteiger partial charge in [-0.1, -0.05) is 30.0 Å². The Bertz CT molecular complexity index is 865. The van der Waals surface area contributed by atoms with Gasteiger partial charge in [0.05, 0.1) is 20.8 Å². The number of carbonyl (C=O) groups excluding carboxylic acids is 1. The topological polar surface area (TPSA) is 49.8 Å². The second-order valence-corrected chi connectivity index (χ2v) is 7.99. The Hall–Kier alpha value is -1.58. The highest BCUT2D eigenvalue weighted by Gasteiger charge is 2.33. The second-order valence-electron chi connectivity index (χ2n) is 5.15. The predicted molar refractivity (Wildman–Crippen MR) is 114 cm³/mol. The molecule has 1 heterocycles. The Morgan fingerprint density at radius 2 is 2.00 bits per heavy atom. The molecule has 0 aliphatic carbocycles. The van der Waals surface area contributed by atoms with Gasteiger partial charge in [0.1, 0.15) is 11.5 Å². The molecular formula is C18H14INO3S2. The zero-order valence-corrected chi connectivity index (χ0v) is 17.0. The van der Waals surface area contributed by atoms with Crippen LogP contribution in [0.5, 0.6) is 11.5 Å². The Labute approximate surface area is 169 Å². The third kappa shape index (κ3) is 3.99. The van der Waals surface area contributed by atoms with Crippen molar-refractivity contribution in [2.75, 3.05) is 11.5 Å². The molecule has 0 atom stereocenters. The molecule has 0 aromatic heterocycles. The summed E-state index contributed by atoms with van der Waals surface area (Å²) in [4.78, 5) is 14.8. The van der Waals surface area contributed by atoms with Gasteiger partial charge in [-0.05, 0) is 77.6 Å². The number of phenolic OH excluding ortho intramolecular Hbond substituents is 1. The fourth-order valence-electron chi connectivity index (χ4n) is 2.31. The molecule has 0 unspecified atom stereocenters. The van der Waals surface area contributed by atoms with Gasteiger partial charge in [-0.15, -0.1) is 0 Å². The van der Waals surface area contributed by atoms with E-state index < -0.39 is 0 Å². The molecule has 7 heteroatoms. The minimum Gasteiger partial charge on any atom is -0.507 e. The van der Waals surface area contributed by atoms with Crippen LogP contribution in [0.3, 0.4) is 0 Å². The lowest BCUT2D eigenvalue weighted by molar-refractivity contribution is -0.113. The zero-order valence-electron chi connectivity index (χ0n) is 13.2. The van der Waals surface area contributed by atoms with Gasteiger partial charge in [-0.3, -0.25) is 9.69 Å². The van der Waals surface area contributed by atoms with Crippen molar-refractivity contribution in [3.05, 3.63) is 56.5 Å². The number of thioether (sulfide) groups is 1. The van der Waals surface area contributed by atoms with Crippen LogP contribution in [0.25, 0.3) is 6.08 Å². The van der Waals surface area contributed by atoms with Gasteiger partial charge in [0.2, 0.25) is 0 Å². The number of anilines is 1. The minimum atomic E-state index is -0.151. The van der Waals surface area contributed by atoms with Crippen molar-refractivity contribution in [1.29, 1.82) is 0 Å². The molecule has 1 N–H and O–H groups in total. The summed E-state index contributed by atoms with van der Waals surface area (Å²) >= 11 is 8.70. The van der Waals surface area contributed by atoms with E-state index in [1.165, 1.54) is 16.7 Å². The zero-order chi connectivity index (χ0) is 18.0. The first-order chi connectivity index (χ1) is 12.0. The van der Waals surface area contributed by atoms with Crippen LogP contribution in [0.1, 0.15) is 12.5 Å². The van der Waals surface area contributed by atoms with Crippen molar-refractivity contribution in [3.63, 3.8) is 0 Å². The quantitative estimate of drug-likeness (QED) is 0.385. The van der Waals surface area contributed by atoms with Gasteiger partial charge in [0, 0.05) is 0 Å². The van der Waals surface area contributed by atoms with Crippen molar-refractivity contribution in [1.82, 2.24) is 0 Å². The number of carbonyl (C=O) groups is 1. The molecule has 2 aromatic carbocycles. The molecule has 1 aliphatic rings. The van der Waals surface area contributed by atoms with Crippen LogP contribution in [0.4, 0.5) is 5.69 Å². The van der Waals surface area contributed by atoms with Crippen molar-refractivity contribution in [3.8, 4) is 11.5 Å². The molecule has 1 amide bonds. The Kier molecular flexibility index (Phi) is 5.65. The Morgan fingerprint density at radius 1 is 1.28 bits per heavy atom. The molecule has 1 fully saturated rings. The number of hydrogen-bond acceptors (Lipinski definition) is 5. The highest BCUT2D eigenvalue weighted by atomic mass is 127. The lowest BCUT2D eigenvalue weighted by atomic mass is 10.2. The third-order valence-electron chi connectivity index (χ3n) is 3.47. The summed E-state index contributed by atoms with van der Waals surface area (Å²) in [5, 5.41) is 9.61. The second kappa shape index (κ2) is 7.76. The number of nitrogens with zero attached hydrogens (tertiary/aromatic N) is 1. The summed E-state index contributed by atoms with van der Waals surface area (Å²) in [5.41, 5.74) is 1.56. The van der Waals surface area contributed by atoms with E-state index in [0.29, 0.717) is 15.8 Å². The summed E-state index contributed by atoms with van der Waals surface area (Å²) in [7, 11) is 0. The number of hydrogen-bond donors (Lipinski definition) is 1. The average molecular weight is 483 g/mol. The molecule has 128 valence electrons. The molecule has 0 radical (unpaired) electrons. The van der Waals surface area contributed by atoms with Crippen LogP contribution in [-0.4, -0.2) is 21.9 Å². The van der Waals surface area contributed by atoms with Gasteiger partial charge in [0.25, 0.3) is 5.91 Å². The van der Waals surface area contributed by atoms with Gasteiger partial charge in [-0.2, -0.15) is 0 Å². The smallest absolute Gasteiger partial charge is 0.270 e. The van der Waals surface area contributed by atoms with E-state index in [-0.39, 0.29) is 11.7 Å². The van der Waals surface area contributed by atoms with Crippen LogP contribution < -0.4 is 9.64 Å². The van der Waals surface area contributed by atoms with Gasteiger partial charge in [-0.25, -0.2) is 0 Å². The standard InChI is InChI=1S/C18H14INO3S2/c1-2-23-13-6-4-12(5-7-13)20-17(22)16(25-18(20)24)10-11-3-8-15(21)14(19)9-11/h3-10,21H,2H2,1H3/b16-10-. The Morgan fingerprint density at radius 3 is 2.64 bits per heavy atom. The number of aromatic hydroxyl groups is 1. The van der Waals surface area contributed by atoms with Crippen LogP contribution in [0.2, 0.25) is 0 Å². The molecular weight excluding hydrogens is 469 g/mol. The molecule has 4 nitrogen and oxygen atoms in total. The average Bonchev–Trinajstić information content (AvgIpc) is 2.86. The maximum atomic E-state index is 12.8. The fraction of sp³-hybridized carbons (Fsp3) is 0.111. The van der Waals surface area contributed by atoms with Gasteiger partial charge in [0.15, 0.2) is 4.32 Å². The monoisotopic (exact) mass is 483 g/mol. The van der Waals surface area contributed by atoms with Crippen LogP contribution >= 0.6 is 46.6 Å². The first-order valence-electron chi connectivity index (χ1n) is 7.49. The molecule has 0 bridgehead atoms. The number of amides is 1. The van der Waals surface area contributed by atoms with E-state index in [1.54, 1.807) is 18.2 Å². The molecule has 0 saturated carbocycles. The normalized spacial score (nSPS) is 15.9. The van der Waals surface area contributed by atoms with Crippen molar-refractivity contribution in [2.45, 2.75) is 6.92 Å². The first-order valence-corrected chi connectivity index (χ1v) is 9.79.